The molecule has 0 radical (unpaired) electrons. The van der Waals surface area contributed by atoms with E-state index in [9.17, 15) is 9.59 Å². The van der Waals surface area contributed by atoms with Gasteiger partial charge in [0.15, 0.2) is 5.76 Å². The summed E-state index contributed by atoms with van der Waals surface area (Å²) >= 11 is 0. The van der Waals surface area contributed by atoms with Crippen molar-refractivity contribution in [1.29, 1.82) is 0 Å². The van der Waals surface area contributed by atoms with Gasteiger partial charge in [0.25, 0.3) is 5.91 Å². The summed E-state index contributed by atoms with van der Waals surface area (Å²) in [6, 6.07) is 3.46. The highest BCUT2D eigenvalue weighted by Gasteiger charge is 2.27. The molecule has 7 heteroatoms. The molecule has 2 fully saturated rings. The summed E-state index contributed by atoms with van der Waals surface area (Å²) in [5, 5.41) is 3.29. The Hall–Kier alpha value is -1.86. The number of nitrogens with zero attached hydrogens (tertiary/aromatic N) is 2. The minimum Gasteiger partial charge on any atom is -0.459 e. The van der Waals surface area contributed by atoms with E-state index < -0.39 is 0 Å². The number of carbonyl (C=O) groups excluding carboxylic acids is 2. The van der Waals surface area contributed by atoms with Crippen molar-refractivity contribution in [3.05, 3.63) is 24.2 Å². The molecule has 1 N–H and O–H groups in total. The molecule has 0 spiro atoms. The number of morpholine rings is 1. The summed E-state index contributed by atoms with van der Waals surface area (Å²) < 4.78 is 10.5. The summed E-state index contributed by atoms with van der Waals surface area (Å²) in [5.74, 6) is 0.357. The number of hydrogen-bond acceptors (Lipinski definition) is 5. The number of nitrogens with one attached hydrogen (secondary N) is 1. The van der Waals surface area contributed by atoms with Gasteiger partial charge in [-0.25, -0.2) is 0 Å². The summed E-state index contributed by atoms with van der Waals surface area (Å²) in [4.78, 5) is 28.0. The first-order valence-corrected chi connectivity index (χ1v) is 7.66. The third kappa shape index (κ3) is 3.48. The predicted octanol–water partition coefficient (Wildman–Crippen LogP) is -0.0575. The molecule has 0 saturated carbocycles. The van der Waals surface area contributed by atoms with Crippen LogP contribution >= 0.6 is 0 Å². The number of piperazine rings is 1. The first-order chi connectivity index (χ1) is 10.7. The predicted molar refractivity (Wildman–Crippen MR) is 78.4 cm³/mol. The lowest BCUT2D eigenvalue weighted by Gasteiger charge is -2.35. The minimum absolute atomic E-state index is 0.101. The van der Waals surface area contributed by atoms with Crippen LogP contribution in [0.1, 0.15) is 17.0 Å². The van der Waals surface area contributed by atoms with Crippen LogP contribution in [0.5, 0.6) is 0 Å². The fraction of sp³-hybridized carbons (Fsp3) is 0.600. The monoisotopic (exact) mass is 307 g/mol. The van der Waals surface area contributed by atoms with Gasteiger partial charge in [0.05, 0.1) is 19.5 Å². The molecule has 1 aromatic heterocycles. The smallest absolute Gasteiger partial charge is 0.289 e. The second-order valence-electron chi connectivity index (χ2n) is 5.58. The van der Waals surface area contributed by atoms with E-state index in [-0.39, 0.29) is 17.9 Å². The van der Waals surface area contributed by atoms with Gasteiger partial charge in [-0.1, -0.05) is 0 Å². The van der Waals surface area contributed by atoms with E-state index >= 15 is 0 Å². The standard InChI is InChI=1S/C15H21N3O4/c19-14(10-12-11-21-9-3-16-12)17-4-6-18(7-5-17)15(20)13-2-1-8-22-13/h1-2,8,12,16H,3-7,9-11H2/t12-/m0/s1. The van der Waals surface area contributed by atoms with Crippen LogP contribution in [0.15, 0.2) is 22.8 Å². The highest BCUT2D eigenvalue weighted by molar-refractivity contribution is 5.91. The van der Waals surface area contributed by atoms with Gasteiger partial charge in [-0.15, -0.1) is 0 Å². The van der Waals surface area contributed by atoms with Crippen LogP contribution in [0, 0.1) is 0 Å². The van der Waals surface area contributed by atoms with E-state index in [1.54, 1.807) is 17.0 Å². The van der Waals surface area contributed by atoms with Crippen molar-refractivity contribution in [1.82, 2.24) is 15.1 Å². The maximum atomic E-state index is 12.3. The summed E-state index contributed by atoms with van der Waals surface area (Å²) in [7, 11) is 0. The molecule has 0 unspecified atom stereocenters. The zero-order chi connectivity index (χ0) is 15.4. The lowest BCUT2D eigenvalue weighted by atomic mass is 10.1. The first kappa shape index (κ1) is 15.1. The molecule has 7 nitrogen and oxygen atoms in total. The molecule has 1 atom stereocenters. The van der Waals surface area contributed by atoms with Crippen LogP contribution in [0.3, 0.4) is 0 Å². The highest BCUT2D eigenvalue weighted by atomic mass is 16.5. The number of ether oxygens (including phenoxy) is 1. The Morgan fingerprint density at radius 1 is 1.23 bits per heavy atom. The van der Waals surface area contributed by atoms with Crippen LogP contribution in [0.25, 0.3) is 0 Å². The average Bonchev–Trinajstić information content (AvgIpc) is 3.10. The SMILES string of the molecule is O=C(C[C@H]1COCCN1)N1CCN(C(=O)c2ccco2)CC1. The number of rotatable bonds is 3. The molecular weight excluding hydrogens is 286 g/mol. The highest BCUT2D eigenvalue weighted by Crippen LogP contribution is 2.11. The van der Waals surface area contributed by atoms with E-state index in [2.05, 4.69) is 5.32 Å². The summed E-state index contributed by atoms with van der Waals surface area (Å²) in [5.41, 5.74) is 0. The van der Waals surface area contributed by atoms with E-state index in [0.29, 0.717) is 51.6 Å². The average molecular weight is 307 g/mol. The molecule has 3 rings (SSSR count). The van der Waals surface area contributed by atoms with Gasteiger partial charge in [0.1, 0.15) is 0 Å². The Bertz CT molecular complexity index is 503. The second kappa shape index (κ2) is 6.93. The quantitative estimate of drug-likeness (QED) is 0.847. The molecule has 0 aliphatic carbocycles. The molecule has 3 heterocycles. The number of hydrogen-bond donors (Lipinski definition) is 1. The first-order valence-electron chi connectivity index (χ1n) is 7.66. The van der Waals surface area contributed by atoms with Crippen LogP contribution in [-0.2, 0) is 9.53 Å². The van der Waals surface area contributed by atoms with Crippen LogP contribution in [-0.4, -0.2) is 73.6 Å². The van der Waals surface area contributed by atoms with E-state index in [1.165, 1.54) is 6.26 Å². The van der Waals surface area contributed by atoms with E-state index in [0.717, 1.165) is 6.54 Å². The Balaban J connectivity index is 1.46. The topological polar surface area (TPSA) is 75.0 Å². The molecule has 2 saturated heterocycles. The lowest BCUT2D eigenvalue weighted by molar-refractivity contribution is -0.133. The molecule has 2 amide bonds. The van der Waals surface area contributed by atoms with Crippen molar-refractivity contribution in [2.75, 3.05) is 45.9 Å². The molecule has 2 aliphatic rings. The van der Waals surface area contributed by atoms with Gasteiger partial charge in [0.2, 0.25) is 5.91 Å². The minimum atomic E-state index is -0.112. The van der Waals surface area contributed by atoms with Gasteiger partial charge in [0, 0.05) is 45.2 Å². The van der Waals surface area contributed by atoms with E-state index in [4.69, 9.17) is 9.15 Å². The fourth-order valence-electron chi connectivity index (χ4n) is 2.81. The van der Waals surface area contributed by atoms with Crippen molar-refractivity contribution in [2.24, 2.45) is 0 Å². The second-order valence-corrected chi connectivity index (χ2v) is 5.58. The fourth-order valence-corrected chi connectivity index (χ4v) is 2.81. The largest absolute Gasteiger partial charge is 0.459 e. The van der Waals surface area contributed by atoms with Gasteiger partial charge in [-0.2, -0.15) is 0 Å². The molecule has 120 valence electrons. The van der Waals surface area contributed by atoms with Crippen molar-refractivity contribution >= 4 is 11.8 Å². The van der Waals surface area contributed by atoms with Crippen molar-refractivity contribution < 1.29 is 18.7 Å². The Morgan fingerprint density at radius 3 is 2.64 bits per heavy atom. The van der Waals surface area contributed by atoms with Crippen molar-refractivity contribution in [3.8, 4) is 0 Å². The van der Waals surface area contributed by atoms with Crippen molar-refractivity contribution in [2.45, 2.75) is 12.5 Å². The van der Waals surface area contributed by atoms with Gasteiger partial charge in [-0.3, -0.25) is 9.59 Å². The number of furan rings is 1. The van der Waals surface area contributed by atoms with E-state index in [1.807, 2.05) is 4.90 Å². The number of carbonyl (C=O) groups is 2. The van der Waals surface area contributed by atoms with Gasteiger partial charge in [-0.05, 0) is 12.1 Å². The molecule has 0 bridgehead atoms. The third-order valence-electron chi connectivity index (χ3n) is 4.07. The normalized spacial score (nSPS) is 22.6. The molecule has 2 aliphatic heterocycles. The van der Waals surface area contributed by atoms with Gasteiger partial charge >= 0.3 is 0 Å². The van der Waals surface area contributed by atoms with Gasteiger partial charge < -0.3 is 24.3 Å². The summed E-state index contributed by atoms with van der Waals surface area (Å²) in [6.07, 6.45) is 1.94. The summed E-state index contributed by atoms with van der Waals surface area (Å²) in [6.45, 7) is 4.31. The van der Waals surface area contributed by atoms with Crippen LogP contribution in [0.4, 0.5) is 0 Å². The Morgan fingerprint density at radius 2 is 2.00 bits per heavy atom. The zero-order valence-corrected chi connectivity index (χ0v) is 12.5. The maximum Gasteiger partial charge on any atom is 0.289 e. The lowest BCUT2D eigenvalue weighted by Crippen LogP contribution is -2.52. The molecule has 1 aromatic rings. The Kier molecular flexibility index (Phi) is 4.74. The zero-order valence-electron chi connectivity index (χ0n) is 12.5. The van der Waals surface area contributed by atoms with Crippen LogP contribution < -0.4 is 5.32 Å². The van der Waals surface area contributed by atoms with Crippen molar-refractivity contribution in [3.63, 3.8) is 0 Å². The number of amides is 2. The third-order valence-corrected chi connectivity index (χ3v) is 4.07. The molecule has 0 aromatic carbocycles. The van der Waals surface area contributed by atoms with Crippen LogP contribution in [0.2, 0.25) is 0 Å². The molecule has 22 heavy (non-hydrogen) atoms. The molecular formula is C15H21N3O4. The maximum absolute atomic E-state index is 12.3. The Labute approximate surface area is 129 Å².